The summed E-state index contributed by atoms with van der Waals surface area (Å²) in [7, 11) is 1.92. The summed E-state index contributed by atoms with van der Waals surface area (Å²) in [6.07, 6.45) is 4.33. The molecule has 0 N–H and O–H groups in total. The topological polar surface area (TPSA) is 29.0 Å². The maximum Gasteiger partial charge on any atom is 0.151 e. The van der Waals surface area contributed by atoms with E-state index < -0.39 is 6.17 Å². The molecule has 1 aromatic rings. The minimum absolute atomic E-state index is 0.0175. The normalized spacial score (nSPS) is 28.4. The molecule has 2 saturated carbocycles. The van der Waals surface area contributed by atoms with Crippen molar-refractivity contribution >= 4 is 5.82 Å². The van der Waals surface area contributed by atoms with Crippen molar-refractivity contribution in [1.82, 2.24) is 10.2 Å². The first-order chi connectivity index (χ1) is 8.25. The molecule has 0 aliphatic heterocycles. The first kappa shape index (κ1) is 10.9. The summed E-state index contributed by atoms with van der Waals surface area (Å²) in [6, 6.07) is 4.00. The van der Waals surface area contributed by atoms with Crippen LogP contribution in [-0.2, 0) is 0 Å². The Morgan fingerprint density at radius 1 is 1.18 bits per heavy atom. The third-order valence-electron chi connectivity index (χ3n) is 3.92. The SMILES string of the molecule is CN(c1ccc(C2CC2)nn1)C1CCCC1F. The van der Waals surface area contributed by atoms with Crippen molar-refractivity contribution in [1.29, 1.82) is 0 Å². The molecule has 0 aromatic carbocycles. The van der Waals surface area contributed by atoms with E-state index in [-0.39, 0.29) is 6.04 Å². The number of halogens is 1. The van der Waals surface area contributed by atoms with Crippen LogP contribution in [0.1, 0.15) is 43.7 Å². The molecule has 0 bridgehead atoms. The molecular formula is C13H18FN3. The molecule has 1 heterocycles. The Hall–Kier alpha value is -1.19. The van der Waals surface area contributed by atoms with Crippen LogP contribution in [0.25, 0.3) is 0 Å². The second kappa shape index (κ2) is 4.24. The van der Waals surface area contributed by atoms with Gasteiger partial charge in [-0.05, 0) is 44.2 Å². The van der Waals surface area contributed by atoms with Crippen molar-refractivity contribution < 1.29 is 4.39 Å². The molecule has 0 spiro atoms. The van der Waals surface area contributed by atoms with Crippen molar-refractivity contribution in [2.45, 2.75) is 50.2 Å². The number of nitrogens with zero attached hydrogens (tertiary/aromatic N) is 3. The van der Waals surface area contributed by atoms with Gasteiger partial charge in [-0.15, -0.1) is 5.10 Å². The van der Waals surface area contributed by atoms with E-state index in [9.17, 15) is 4.39 Å². The smallest absolute Gasteiger partial charge is 0.151 e. The maximum absolute atomic E-state index is 13.7. The van der Waals surface area contributed by atoms with Gasteiger partial charge in [0.25, 0.3) is 0 Å². The molecule has 0 amide bonds. The third kappa shape index (κ3) is 2.13. The standard InChI is InChI=1S/C13H18FN3/c1-17(12-4-2-3-10(12)14)13-8-7-11(15-16-13)9-5-6-9/h7-10,12H,2-6H2,1H3. The Labute approximate surface area is 101 Å². The van der Waals surface area contributed by atoms with Gasteiger partial charge >= 0.3 is 0 Å². The summed E-state index contributed by atoms with van der Waals surface area (Å²) in [6.45, 7) is 0. The van der Waals surface area contributed by atoms with Crippen LogP contribution in [-0.4, -0.2) is 29.5 Å². The van der Waals surface area contributed by atoms with E-state index in [0.717, 1.165) is 24.4 Å². The zero-order chi connectivity index (χ0) is 11.8. The second-order valence-electron chi connectivity index (χ2n) is 5.22. The van der Waals surface area contributed by atoms with Gasteiger partial charge in [0.2, 0.25) is 0 Å². The molecule has 92 valence electrons. The van der Waals surface area contributed by atoms with Crippen LogP contribution in [0.2, 0.25) is 0 Å². The summed E-state index contributed by atoms with van der Waals surface area (Å²) >= 11 is 0. The lowest BCUT2D eigenvalue weighted by Crippen LogP contribution is -2.36. The van der Waals surface area contributed by atoms with Crippen molar-refractivity contribution in [3.63, 3.8) is 0 Å². The molecule has 2 aliphatic rings. The van der Waals surface area contributed by atoms with E-state index in [4.69, 9.17) is 0 Å². The van der Waals surface area contributed by atoms with E-state index in [0.29, 0.717) is 12.3 Å². The summed E-state index contributed by atoms with van der Waals surface area (Å²) in [5.74, 6) is 1.42. The number of anilines is 1. The first-order valence-electron chi connectivity index (χ1n) is 6.46. The second-order valence-corrected chi connectivity index (χ2v) is 5.22. The zero-order valence-electron chi connectivity index (χ0n) is 10.1. The molecule has 3 nitrogen and oxygen atoms in total. The third-order valence-corrected chi connectivity index (χ3v) is 3.92. The van der Waals surface area contributed by atoms with E-state index >= 15 is 0 Å². The van der Waals surface area contributed by atoms with Gasteiger partial charge in [-0.25, -0.2) is 4.39 Å². The molecular weight excluding hydrogens is 217 g/mol. The number of hydrogen-bond acceptors (Lipinski definition) is 3. The average molecular weight is 235 g/mol. The van der Waals surface area contributed by atoms with Crippen LogP contribution in [0.5, 0.6) is 0 Å². The fourth-order valence-electron chi connectivity index (χ4n) is 2.62. The van der Waals surface area contributed by atoms with Crippen LogP contribution < -0.4 is 4.90 Å². The number of rotatable bonds is 3. The first-order valence-corrected chi connectivity index (χ1v) is 6.46. The summed E-state index contributed by atoms with van der Waals surface area (Å²) in [5, 5.41) is 8.47. The monoisotopic (exact) mass is 235 g/mol. The molecule has 2 atom stereocenters. The Balaban J connectivity index is 1.73. The lowest BCUT2D eigenvalue weighted by molar-refractivity contribution is 0.306. The minimum atomic E-state index is -0.718. The molecule has 4 heteroatoms. The van der Waals surface area contributed by atoms with Gasteiger partial charge in [0.15, 0.2) is 5.82 Å². The van der Waals surface area contributed by atoms with Crippen molar-refractivity contribution in [3.05, 3.63) is 17.8 Å². The lowest BCUT2D eigenvalue weighted by Gasteiger charge is -2.26. The predicted octanol–water partition coefficient (Wildman–Crippen LogP) is 2.68. The largest absolute Gasteiger partial charge is 0.352 e. The highest BCUT2D eigenvalue weighted by molar-refractivity contribution is 5.39. The minimum Gasteiger partial charge on any atom is -0.352 e. The highest BCUT2D eigenvalue weighted by Gasteiger charge is 2.31. The molecule has 17 heavy (non-hydrogen) atoms. The van der Waals surface area contributed by atoms with Crippen LogP contribution in [0.4, 0.5) is 10.2 Å². The van der Waals surface area contributed by atoms with Crippen LogP contribution in [0.15, 0.2) is 12.1 Å². The average Bonchev–Trinajstić information content (AvgIpc) is 3.12. The van der Waals surface area contributed by atoms with E-state index in [2.05, 4.69) is 10.2 Å². The summed E-state index contributed by atoms with van der Waals surface area (Å²) in [5.41, 5.74) is 1.09. The quantitative estimate of drug-likeness (QED) is 0.806. The maximum atomic E-state index is 13.7. The van der Waals surface area contributed by atoms with Crippen LogP contribution >= 0.6 is 0 Å². The van der Waals surface area contributed by atoms with Gasteiger partial charge in [0, 0.05) is 13.0 Å². The Morgan fingerprint density at radius 3 is 2.53 bits per heavy atom. The summed E-state index contributed by atoms with van der Waals surface area (Å²) < 4.78 is 13.7. The van der Waals surface area contributed by atoms with Gasteiger partial charge in [-0.3, -0.25) is 0 Å². The Bertz CT molecular complexity index is 388. The van der Waals surface area contributed by atoms with E-state index in [1.807, 2.05) is 24.1 Å². The lowest BCUT2D eigenvalue weighted by atomic mass is 10.2. The van der Waals surface area contributed by atoms with Crippen molar-refractivity contribution in [2.24, 2.45) is 0 Å². The zero-order valence-corrected chi connectivity index (χ0v) is 10.1. The van der Waals surface area contributed by atoms with Crippen LogP contribution in [0.3, 0.4) is 0 Å². The Kier molecular flexibility index (Phi) is 2.73. The van der Waals surface area contributed by atoms with Gasteiger partial charge in [-0.2, -0.15) is 5.10 Å². The number of aromatic nitrogens is 2. The molecule has 0 radical (unpaired) electrons. The fourth-order valence-corrected chi connectivity index (χ4v) is 2.62. The van der Waals surface area contributed by atoms with Gasteiger partial charge in [-0.1, -0.05) is 0 Å². The van der Waals surface area contributed by atoms with Gasteiger partial charge in [0.1, 0.15) is 6.17 Å². The molecule has 0 saturated heterocycles. The molecule has 2 fully saturated rings. The molecule has 3 rings (SSSR count). The van der Waals surface area contributed by atoms with Gasteiger partial charge < -0.3 is 4.90 Å². The Morgan fingerprint density at radius 2 is 2.00 bits per heavy atom. The predicted molar refractivity (Wildman–Crippen MR) is 64.9 cm³/mol. The molecule has 2 aliphatic carbocycles. The summed E-state index contributed by atoms with van der Waals surface area (Å²) in [4.78, 5) is 1.95. The van der Waals surface area contributed by atoms with E-state index in [1.54, 1.807) is 0 Å². The van der Waals surface area contributed by atoms with Crippen molar-refractivity contribution in [2.75, 3.05) is 11.9 Å². The number of hydrogen-bond donors (Lipinski definition) is 0. The van der Waals surface area contributed by atoms with E-state index in [1.165, 1.54) is 12.8 Å². The molecule has 1 aromatic heterocycles. The highest BCUT2D eigenvalue weighted by Crippen LogP contribution is 2.39. The van der Waals surface area contributed by atoms with Crippen LogP contribution in [0, 0.1) is 0 Å². The number of alkyl halides is 1. The van der Waals surface area contributed by atoms with Crippen molar-refractivity contribution in [3.8, 4) is 0 Å². The fraction of sp³-hybridized carbons (Fsp3) is 0.692. The van der Waals surface area contributed by atoms with Gasteiger partial charge in [0.05, 0.1) is 11.7 Å². The molecule has 2 unspecified atom stereocenters. The highest BCUT2D eigenvalue weighted by atomic mass is 19.1.